The maximum atomic E-state index is 11.6. The number of rotatable bonds is 6. The molecule has 1 rings (SSSR count). The number of unbranched alkanes of at least 4 members (excludes halogenated alkanes) is 1. The van der Waals surface area contributed by atoms with Crippen molar-refractivity contribution in [3.8, 4) is 0 Å². The first kappa shape index (κ1) is 14.0. The van der Waals surface area contributed by atoms with Gasteiger partial charge in [0.05, 0.1) is 0 Å². The maximum absolute atomic E-state index is 11.6. The fourth-order valence-electron chi connectivity index (χ4n) is 1.47. The van der Waals surface area contributed by atoms with Crippen molar-refractivity contribution in [2.24, 2.45) is 0 Å². The van der Waals surface area contributed by atoms with Crippen molar-refractivity contribution in [1.29, 1.82) is 0 Å². The van der Waals surface area contributed by atoms with E-state index in [0.717, 1.165) is 17.4 Å². The van der Waals surface area contributed by atoms with Gasteiger partial charge in [-0.2, -0.15) is 0 Å². The van der Waals surface area contributed by atoms with Crippen molar-refractivity contribution in [2.75, 3.05) is 6.54 Å². The van der Waals surface area contributed by atoms with E-state index in [2.05, 4.69) is 5.32 Å². The molecule has 0 radical (unpaired) electrons. The minimum Gasteiger partial charge on any atom is -0.477 e. The zero-order valence-electron chi connectivity index (χ0n) is 10.2. The summed E-state index contributed by atoms with van der Waals surface area (Å²) in [5.74, 6) is -1.59. The molecule has 0 aliphatic carbocycles. The van der Waals surface area contributed by atoms with Gasteiger partial charge >= 0.3 is 5.97 Å². The lowest BCUT2D eigenvalue weighted by molar-refractivity contribution is -0.121. The normalized spacial score (nSPS) is 10.1. The number of carboxylic acids is 1. The van der Waals surface area contributed by atoms with Crippen molar-refractivity contribution >= 4 is 11.9 Å². The van der Waals surface area contributed by atoms with Crippen LogP contribution in [0.3, 0.4) is 0 Å². The van der Waals surface area contributed by atoms with Crippen molar-refractivity contribution in [1.82, 2.24) is 9.88 Å². The maximum Gasteiger partial charge on any atom is 0.352 e. The van der Waals surface area contributed by atoms with Gasteiger partial charge in [-0.3, -0.25) is 14.2 Å². The Morgan fingerprint density at radius 1 is 1.39 bits per heavy atom. The molecule has 0 fully saturated rings. The smallest absolute Gasteiger partial charge is 0.352 e. The van der Waals surface area contributed by atoms with E-state index >= 15 is 0 Å². The van der Waals surface area contributed by atoms with Crippen molar-refractivity contribution < 1.29 is 14.7 Å². The fraction of sp³-hybridized carbons (Fsp3) is 0.417. The third-order valence-corrected chi connectivity index (χ3v) is 2.42. The third kappa shape index (κ3) is 3.73. The first-order chi connectivity index (χ1) is 8.56. The van der Waals surface area contributed by atoms with Gasteiger partial charge in [-0.1, -0.05) is 19.4 Å². The first-order valence-electron chi connectivity index (χ1n) is 5.76. The zero-order chi connectivity index (χ0) is 13.5. The molecule has 2 N–H and O–H groups in total. The molecule has 6 nitrogen and oxygen atoms in total. The summed E-state index contributed by atoms with van der Waals surface area (Å²) >= 11 is 0. The Kier molecular flexibility index (Phi) is 5.10. The molecular formula is C12H16N2O4. The van der Waals surface area contributed by atoms with E-state index < -0.39 is 11.5 Å². The SMILES string of the molecule is CCCCNC(=O)Cn1c(C(=O)O)cccc1=O. The van der Waals surface area contributed by atoms with Crippen LogP contribution >= 0.6 is 0 Å². The third-order valence-electron chi connectivity index (χ3n) is 2.42. The summed E-state index contributed by atoms with van der Waals surface area (Å²) in [5, 5.41) is 11.6. The van der Waals surface area contributed by atoms with E-state index in [9.17, 15) is 14.4 Å². The number of aromatic nitrogens is 1. The van der Waals surface area contributed by atoms with Gasteiger partial charge in [0.1, 0.15) is 12.2 Å². The molecule has 0 bridgehead atoms. The molecule has 0 spiro atoms. The van der Waals surface area contributed by atoms with Crippen LogP contribution in [0.5, 0.6) is 0 Å². The molecule has 0 aliphatic rings. The van der Waals surface area contributed by atoms with E-state index in [0.29, 0.717) is 6.54 Å². The average molecular weight is 252 g/mol. The summed E-state index contributed by atoms with van der Waals surface area (Å²) in [6.07, 6.45) is 1.80. The predicted molar refractivity (Wildman–Crippen MR) is 65.6 cm³/mol. The van der Waals surface area contributed by atoms with Crippen LogP contribution in [0.25, 0.3) is 0 Å². The number of aromatic carboxylic acids is 1. The summed E-state index contributed by atoms with van der Waals surface area (Å²) in [5.41, 5.74) is -0.686. The number of nitrogens with one attached hydrogen (secondary N) is 1. The van der Waals surface area contributed by atoms with Gasteiger partial charge in [0, 0.05) is 12.6 Å². The van der Waals surface area contributed by atoms with Crippen molar-refractivity contribution in [2.45, 2.75) is 26.3 Å². The van der Waals surface area contributed by atoms with Crippen LogP contribution in [0.4, 0.5) is 0 Å². The highest BCUT2D eigenvalue weighted by molar-refractivity contribution is 5.86. The molecule has 1 amide bonds. The zero-order valence-corrected chi connectivity index (χ0v) is 10.2. The Hall–Kier alpha value is -2.11. The molecule has 0 atom stereocenters. The number of hydrogen-bond donors (Lipinski definition) is 2. The van der Waals surface area contributed by atoms with Crippen molar-refractivity contribution in [3.05, 3.63) is 34.2 Å². The molecule has 0 saturated heterocycles. The van der Waals surface area contributed by atoms with E-state index in [-0.39, 0.29) is 18.1 Å². The highest BCUT2D eigenvalue weighted by atomic mass is 16.4. The summed E-state index contributed by atoms with van der Waals surface area (Å²) in [4.78, 5) is 34.0. The Bertz CT molecular complexity index is 493. The van der Waals surface area contributed by atoms with E-state index in [4.69, 9.17) is 5.11 Å². The topological polar surface area (TPSA) is 88.4 Å². The number of hydrogen-bond acceptors (Lipinski definition) is 3. The Labute approximate surface area is 104 Å². The van der Waals surface area contributed by atoms with Gasteiger partial charge in [-0.05, 0) is 12.5 Å². The van der Waals surface area contributed by atoms with Gasteiger partial charge in [0.15, 0.2) is 0 Å². The number of carboxylic acid groups (broad SMARTS) is 1. The lowest BCUT2D eigenvalue weighted by Gasteiger charge is -2.09. The quantitative estimate of drug-likeness (QED) is 0.720. The summed E-state index contributed by atoms with van der Waals surface area (Å²) in [6, 6.07) is 3.88. The monoisotopic (exact) mass is 252 g/mol. The molecule has 1 heterocycles. The summed E-state index contributed by atoms with van der Waals surface area (Å²) in [6.45, 7) is 2.25. The predicted octanol–water partition coefficient (Wildman–Crippen LogP) is 0.463. The second-order valence-corrected chi connectivity index (χ2v) is 3.84. The standard InChI is InChI=1S/C12H16N2O4/c1-2-3-7-13-10(15)8-14-9(12(17)18)5-4-6-11(14)16/h4-6H,2-3,7-8H2,1H3,(H,13,15)(H,17,18). The lowest BCUT2D eigenvalue weighted by Crippen LogP contribution is -2.34. The number of carbonyl (C=O) groups is 2. The van der Waals surface area contributed by atoms with Gasteiger partial charge < -0.3 is 10.4 Å². The van der Waals surface area contributed by atoms with E-state index in [1.807, 2.05) is 6.92 Å². The molecule has 0 unspecified atom stereocenters. The van der Waals surface area contributed by atoms with Crippen LogP contribution in [0.2, 0.25) is 0 Å². The Morgan fingerprint density at radius 3 is 2.72 bits per heavy atom. The van der Waals surface area contributed by atoms with Gasteiger partial charge in [0.2, 0.25) is 5.91 Å². The molecule has 6 heteroatoms. The lowest BCUT2D eigenvalue weighted by atomic mass is 10.3. The average Bonchev–Trinajstić information content (AvgIpc) is 2.31. The molecule has 98 valence electrons. The highest BCUT2D eigenvalue weighted by Gasteiger charge is 2.12. The van der Waals surface area contributed by atoms with Crippen LogP contribution in [0, 0.1) is 0 Å². The minimum atomic E-state index is -1.23. The van der Waals surface area contributed by atoms with Gasteiger partial charge in [0.25, 0.3) is 5.56 Å². The number of amides is 1. The van der Waals surface area contributed by atoms with Crippen LogP contribution in [0.15, 0.2) is 23.0 Å². The molecule has 1 aromatic rings. The molecule has 0 saturated carbocycles. The van der Waals surface area contributed by atoms with E-state index in [1.54, 1.807) is 0 Å². The fourth-order valence-corrected chi connectivity index (χ4v) is 1.47. The largest absolute Gasteiger partial charge is 0.477 e. The number of pyridine rings is 1. The Morgan fingerprint density at radius 2 is 2.11 bits per heavy atom. The van der Waals surface area contributed by atoms with E-state index in [1.165, 1.54) is 18.2 Å². The molecule has 18 heavy (non-hydrogen) atoms. The van der Waals surface area contributed by atoms with Crippen LogP contribution in [-0.2, 0) is 11.3 Å². The summed E-state index contributed by atoms with van der Waals surface area (Å²) < 4.78 is 0.948. The van der Waals surface area contributed by atoms with Gasteiger partial charge in [-0.15, -0.1) is 0 Å². The molecule has 0 aliphatic heterocycles. The van der Waals surface area contributed by atoms with Crippen LogP contribution < -0.4 is 10.9 Å². The minimum absolute atomic E-state index is 0.187. The number of nitrogens with zero attached hydrogens (tertiary/aromatic N) is 1. The highest BCUT2D eigenvalue weighted by Crippen LogP contribution is 1.96. The second-order valence-electron chi connectivity index (χ2n) is 3.84. The second kappa shape index (κ2) is 6.58. The van der Waals surface area contributed by atoms with Crippen LogP contribution in [-0.4, -0.2) is 28.1 Å². The van der Waals surface area contributed by atoms with Crippen LogP contribution in [0.1, 0.15) is 30.3 Å². The summed E-state index contributed by atoms with van der Waals surface area (Å²) in [7, 11) is 0. The van der Waals surface area contributed by atoms with Crippen molar-refractivity contribution in [3.63, 3.8) is 0 Å². The van der Waals surface area contributed by atoms with Gasteiger partial charge in [-0.25, -0.2) is 4.79 Å². The molecular weight excluding hydrogens is 236 g/mol. The molecule has 1 aromatic heterocycles. The Balaban J connectivity index is 2.80. The molecule has 0 aromatic carbocycles. The first-order valence-corrected chi connectivity index (χ1v) is 5.76. The number of carbonyl (C=O) groups excluding carboxylic acids is 1.